The van der Waals surface area contributed by atoms with E-state index in [4.69, 9.17) is 18.9 Å². The Morgan fingerprint density at radius 2 is 1.62 bits per heavy atom. The number of methoxy groups -OCH3 is 2. The van der Waals surface area contributed by atoms with Gasteiger partial charge in [0.2, 0.25) is 0 Å². The smallest absolute Gasteiger partial charge is 0.308 e. The number of hydrogen-bond donors (Lipinski definition) is 0. The van der Waals surface area contributed by atoms with Gasteiger partial charge in [-0.2, -0.15) is 0 Å². The third-order valence-corrected chi connectivity index (χ3v) is 6.48. The SMILES string of the molecule is CCOC(=O)[C@H]1CC[C@H](OC(N2CCCC2)N2CC[C@H](C(OC)OC)C2)CC1.Cl. The van der Waals surface area contributed by atoms with Gasteiger partial charge in [0.1, 0.15) is 0 Å². The van der Waals surface area contributed by atoms with Gasteiger partial charge in [-0.15, -0.1) is 12.4 Å². The number of rotatable bonds is 9. The maximum atomic E-state index is 12.0. The second kappa shape index (κ2) is 12.4. The molecule has 0 aromatic heterocycles. The summed E-state index contributed by atoms with van der Waals surface area (Å²) in [6.07, 6.45) is 7.26. The highest BCUT2D eigenvalue weighted by Gasteiger charge is 2.39. The quantitative estimate of drug-likeness (QED) is 0.408. The normalized spacial score (nSPS) is 29.7. The van der Waals surface area contributed by atoms with E-state index in [2.05, 4.69) is 9.80 Å². The fraction of sp³-hybridized carbons (Fsp3) is 0.952. The average molecular weight is 435 g/mol. The van der Waals surface area contributed by atoms with Crippen molar-refractivity contribution in [2.24, 2.45) is 11.8 Å². The molecule has 3 aliphatic rings. The Hall–Kier alpha value is -0.440. The van der Waals surface area contributed by atoms with Crippen molar-refractivity contribution in [1.82, 2.24) is 9.80 Å². The van der Waals surface area contributed by atoms with Gasteiger partial charge in [0.15, 0.2) is 12.6 Å². The van der Waals surface area contributed by atoms with Crippen LogP contribution in [0.5, 0.6) is 0 Å². The first kappa shape index (κ1) is 24.8. The lowest BCUT2D eigenvalue weighted by atomic mass is 9.87. The fourth-order valence-corrected chi connectivity index (χ4v) is 4.95. The maximum absolute atomic E-state index is 12.0. The molecule has 0 aromatic carbocycles. The molecule has 1 aliphatic carbocycles. The number of nitrogens with zero attached hydrogens (tertiary/aromatic N) is 2. The highest BCUT2D eigenvalue weighted by atomic mass is 35.5. The van der Waals surface area contributed by atoms with Crippen LogP contribution < -0.4 is 0 Å². The second-order valence-electron chi connectivity index (χ2n) is 8.31. The minimum Gasteiger partial charge on any atom is -0.466 e. The van der Waals surface area contributed by atoms with E-state index in [-0.39, 0.29) is 43.0 Å². The summed E-state index contributed by atoms with van der Waals surface area (Å²) in [5.74, 6) is 0.387. The molecule has 0 radical (unpaired) electrons. The summed E-state index contributed by atoms with van der Waals surface area (Å²) >= 11 is 0. The second-order valence-corrected chi connectivity index (χ2v) is 8.31. The zero-order valence-electron chi connectivity index (χ0n) is 18.2. The summed E-state index contributed by atoms with van der Waals surface area (Å²) in [6, 6.07) is 0. The molecule has 1 saturated carbocycles. The number of esters is 1. The molecule has 0 amide bonds. The van der Waals surface area contributed by atoms with Crippen molar-refractivity contribution < 1.29 is 23.7 Å². The van der Waals surface area contributed by atoms with E-state index in [9.17, 15) is 4.79 Å². The van der Waals surface area contributed by atoms with Crippen LogP contribution in [-0.2, 0) is 23.7 Å². The van der Waals surface area contributed by atoms with Crippen LogP contribution in [-0.4, -0.2) is 81.5 Å². The Morgan fingerprint density at radius 3 is 2.21 bits per heavy atom. The monoisotopic (exact) mass is 434 g/mol. The van der Waals surface area contributed by atoms with Crippen LogP contribution >= 0.6 is 12.4 Å². The molecule has 29 heavy (non-hydrogen) atoms. The molecule has 8 heteroatoms. The topological polar surface area (TPSA) is 60.5 Å². The lowest BCUT2D eigenvalue weighted by Gasteiger charge is -2.39. The number of ether oxygens (including phenoxy) is 4. The van der Waals surface area contributed by atoms with Crippen molar-refractivity contribution in [2.75, 3.05) is 47.0 Å². The summed E-state index contributed by atoms with van der Waals surface area (Å²) in [6.45, 7) is 6.48. The van der Waals surface area contributed by atoms with E-state index in [1.165, 1.54) is 12.8 Å². The predicted octanol–water partition coefficient (Wildman–Crippen LogP) is 2.87. The van der Waals surface area contributed by atoms with Crippen LogP contribution in [0.1, 0.15) is 51.9 Å². The minimum absolute atomic E-state index is 0. The van der Waals surface area contributed by atoms with Gasteiger partial charge < -0.3 is 18.9 Å². The molecule has 0 N–H and O–H groups in total. The van der Waals surface area contributed by atoms with Crippen molar-refractivity contribution >= 4 is 18.4 Å². The van der Waals surface area contributed by atoms with Crippen LogP contribution in [0.3, 0.4) is 0 Å². The van der Waals surface area contributed by atoms with E-state index in [1.807, 2.05) is 6.92 Å². The summed E-state index contributed by atoms with van der Waals surface area (Å²) in [5, 5.41) is 0. The molecular formula is C21H39ClN2O5. The van der Waals surface area contributed by atoms with Crippen molar-refractivity contribution in [2.45, 2.75) is 70.6 Å². The Kier molecular flexibility index (Phi) is 10.6. The zero-order valence-corrected chi connectivity index (χ0v) is 19.0. The predicted molar refractivity (Wildman–Crippen MR) is 113 cm³/mol. The molecule has 2 atom stereocenters. The molecule has 0 spiro atoms. The molecule has 0 bridgehead atoms. The lowest BCUT2D eigenvalue weighted by Crippen LogP contribution is -2.50. The van der Waals surface area contributed by atoms with Gasteiger partial charge in [-0.3, -0.25) is 14.6 Å². The number of halogens is 1. The molecule has 170 valence electrons. The highest BCUT2D eigenvalue weighted by Crippen LogP contribution is 2.32. The Morgan fingerprint density at radius 1 is 0.966 bits per heavy atom. The Balaban J connectivity index is 0.00000300. The minimum atomic E-state index is -0.149. The third kappa shape index (κ3) is 6.52. The average Bonchev–Trinajstić information content (AvgIpc) is 3.40. The summed E-state index contributed by atoms with van der Waals surface area (Å²) in [7, 11) is 3.43. The van der Waals surface area contributed by atoms with Crippen LogP contribution in [0.2, 0.25) is 0 Å². The van der Waals surface area contributed by atoms with Gasteiger partial charge in [0, 0.05) is 46.3 Å². The number of carbonyl (C=O) groups is 1. The molecule has 2 saturated heterocycles. The van der Waals surface area contributed by atoms with Gasteiger partial charge in [-0.1, -0.05) is 0 Å². The van der Waals surface area contributed by atoms with Gasteiger partial charge in [0.25, 0.3) is 0 Å². The Bertz CT molecular complexity index is 480. The first-order chi connectivity index (χ1) is 13.7. The molecule has 7 nitrogen and oxygen atoms in total. The molecule has 2 heterocycles. The molecule has 2 aliphatic heterocycles. The van der Waals surface area contributed by atoms with Gasteiger partial charge >= 0.3 is 5.97 Å². The van der Waals surface area contributed by atoms with E-state index in [0.29, 0.717) is 12.5 Å². The standard InChI is InChI=1S/C21H38N2O5.ClH/c1-4-27-19(24)16-7-9-18(10-8-16)28-21(22-12-5-6-13-22)23-14-11-17(15-23)20(25-2)26-3;/h16-18,20-21H,4-15H2,1-3H3;1H/t16-,17-,18-,21?;/m0./s1. The van der Waals surface area contributed by atoms with Gasteiger partial charge in [-0.05, 0) is 51.9 Å². The van der Waals surface area contributed by atoms with E-state index in [0.717, 1.165) is 58.3 Å². The van der Waals surface area contributed by atoms with Crippen LogP contribution in [0.15, 0.2) is 0 Å². The van der Waals surface area contributed by atoms with E-state index >= 15 is 0 Å². The van der Waals surface area contributed by atoms with Gasteiger partial charge in [-0.25, -0.2) is 0 Å². The van der Waals surface area contributed by atoms with Crippen LogP contribution in [0.25, 0.3) is 0 Å². The molecule has 0 aromatic rings. The molecule has 3 rings (SSSR count). The molecule has 3 fully saturated rings. The number of carbonyl (C=O) groups excluding carboxylic acids is 1. The van der Waals surface area contributed by atoms with Crippen molar-refractivity contribution in [1.29, 1.82) is 0 Å². The van der Waals surface area contributed by atoms with E-state index < -0.39 is 0 Å². The fourth-order valence-electron chi connectivity index (χ4n) is 4.95. The van der Waals surface area contributed by atoms with Crippen molar-refractivity contribution in [3.63, 3.8) is 0 Å². The number of likely N-dealkylation sites (tertiary alicyclic amines) is 2. The summed E-state index contributed by atoms with van der Waals surface area (Å²) < 4.78 is 22.8. The van der Waals surface area contributed by atoms with E-state index in [1.54, 1.807) is 14.2 Å². The zero-order chi connectivity index (χ0) is 19.9. The first-order valence-electron chi connectivity index (χ1n) is 11.0. The van der Waals surface area contributed by atoms with Crippen molar-refractivity contribution in [3.05, 3.63) is 0 Å². The van der Waals surface area contributed by atoms with Crippen LogP contribution in [0.4, 0.5) is 0 Å². The largest absolute Gasteiger partial charge is 0.466 e. The van der Waals surface area contributed by atoms with Gasteiger partial charge in [0.05, 0.1) is 18.6 Å². The van der Waals surface area contributed by atoms with Crippen LogP contribution in [0, 0.1) is 11.8 Å². The lowest BCUT2D eigenvalue weighted by molar-refractivity contribution is -0.185. The molecular weight excluding hydrogens is 396 g/mol. The first-order valence-corrected chi connectivity index (χ1v) is 11.0. The molecule has 1 unspecified atom stereocenters. The Labute approximate surface area is 181 Å². The third-order valence-electron chi connectivity index (χ3n) is 6.48. The summed E-state index contributed by atoms with van der Waals surface area (Å²) in [5.41, 5.74) is 0. The summed E-state index contributed by atoms with van der Waals surface area (Å²) in [4.78, 5) is 16.9. The maximum Gasteiger partial charge on any atom is 0.308 e. The highest BCUT2D eigenvalue weighted by molar-refractivity contribution is 5.85. The number of hydrogen-bond acceptors (Lipinski definition) is 7. The van der Waals surface area contributed by atoms with Crippen molar-refractivity contribution in [3.8, 4) is 0 Å².